The van der Waals surface area contributed by atoms with Crippen molar-refractivity contribution in [3.05, 3.63) is 82.1 Å². The summed E-state index contributed by atoms with van der Waals surface area (Å²) in [4.78, 5) is 12.2. The largest absolute Gasteiger partial charge is 0.301 e. The van der Waals surface area contributed by atoms with Crippen LogP contribution >= 0.6 is 23.2 Å². The molecule has 2 aromatic carbocycles. The van der Waals surface area contributed by atoms with E-state index >= 15 is 0 Å². The number of rotatable bonds is 5. The lowest BCUT2D eigenvalue weighted by molar-refractivity contribution is -0.114. The monoisotopic (exact) mass is 488 g/mol. The molecule has 7 nitrogen and oxygen atoms in total. The first-order valence-electron chi connectivity index (χ1n) is 9.47. The van der Waals surface area contributed by atoms with Gasteiger partial charge >= 0.3 is 0 Å². The number of nitrogens with zero attached hydrogens (tertiary/aromatic N) is 3. The van der Waals surface area contributed by atoms with Crippen LogP contribution < -0.4 is 4.72 Å². The van der Waals surface area contributed by atoms with Crippen LogP contribution in [-0.2, 0) is 21.9 Å². The topological polar surface area (TPSA) is 86.0 Å². The van der Waals surface area contributed by atoms with E-state index in [1.165, 1.54) is 24.3 Å². The lowest BCUT2D eigenvalue weighted by Crippen LogP contribution is -2.29. The number of hydrogen-bond acceptors (Lipinski definition) is 4. The molecule has 0 bridgehead atoms. The van der Waals surface area contributed by atoms with E-state index in [0.717, 1.165) is 22.8 Å². The molecule has 0 aliphatic carbocycles. The lowest BCUT2D eigenvalue weighted by atomic mass is 10.2. The first-order valence-corrected chi connectivity index (χ1v) is 11.7. The molecule has 4 aromatic rings. The number of nitrogens with one attached hydrogen (secondary N) is 1. The van der Waals surface area contributed by atoms with Crippen molar-refractivity contribution >= 4 is 56.1 Å². The molecule has 0 saturated heterocycles. The Balaban J connectivity index is 1.67. The number of fused-ring (bicyclic) bond motifs is 1. The molecule has 164 valence electrons. The lowest BCUT2D eigenvalue weighted by Gasteiger charge is -2.08. The van der Waals surface area contributed by atoms with Gasteiger partial charge in [-0.2, -0.15) is 5.10 Å². The highest BCUT2D eigenvalue weighted by Gasteiger charge is 2.20. The Labute approximate surface area is 194 Å². The Bertz CT molecular complexity index is 1490. The number of hydrogen-bond donors (Lipinski definition) is 1. The number of benzene rings is 2. The first kappa shape index (κ1) is 22.1. The van der Waals surface area contributed by atoms with Crippen LogP contribution in [0, 0.1) is 6.92 Å². The van der Waals surface area contributed by atoms with Gasteiger partial charge in [-0.15, -0.1) is 0 Å². The fourth-order valence-corrected chi connectivity index (χ4v) is 5.13. The standard InChI is InChI=1S/C22H18Cl2N4O3S/c1-14-17(8-10-21(29)26-32(30,31)20-6-4-3-5-18(20)24)22(27(2)25-14)28-12-11-15-13-16(23)7-9-19(15)28/h3-13H,1-2H3,(H,26,29). The predicted octanol–water partition coefficient (Wildman–Crippen LogP) is 4.50. The molecule has 0 unspecified atom stereocenters. The third-order valence-electron chi connectivity index (χ3n) is 4.88. The van der Waals surface area contributed by atoms with Crippen molar-refractivity contribution in [3.8, 4) is 5.82 Å². The molecule has 4 rings (SSSR count). The Morgan fingerprint density at radius 1 is 1.12 bits per heavy atom. The van der Waals surface area contributed by atoms with E-state index in [9.17, 15) is 13.2 Å². The average Bonchev–Trinajstić information content (AvgIpc) is 3.25. The van der Waals surface area contributed by atoms with Crippen molar-refractivity contribution in [2.75, 3.05) is 0 Å². The maximum absolute atomic E-state index is 12.5. The Kier molecular flexibility index (Phi) is 5.85. The molecule has 0 atom stereocenters. The Morgan fingerprint density at radius 2 is 1.88 bits per heavy atom. The van der Waals surface area contributed by atoms with Gasteiger partial charge in [-0.1, -0.05) is 35.3 Å². The van der Waals surface area contributed by atoms with Gasteiger partial charge in [0.05, 0.1) is 16.2 Å². The maximum Gasteiger partial charge on any atom is 0.265 e. The summed E-state index contributed by atoms with van der Waals surface area (Å²) in [5, 5.41) is 6.07. The highest BCUT2D eigenvalue weighted by atomic mass is 35.5. The van der Waals surface area contributed by atoms with Crippen LogP contribution in [0.15, 0.2) is 65.7 Å². The van der Waals surface area contributed by atoms with E-state index in [0.29, 0.717) is 16.3 Å². The molecule has 0 aliphatic heterocycles. The maximum atomic E-state index is 12.5. The van der Waals surface area contributed by atoms with E-state index in [4.69, 9.17) is 23.2 Å². The summed E-state index contributed by atoms with van der Waals surface area (Å²) < 4.78 is 30.6. The zero-order chi connectivity index (χ0) is 23.0. The first-order chi connectivity index (χ1) is 15.2. The number of carbonyl (C=O) groups excluding carboxylic acids is 1. The van der Waals surface area contributed by atoms with E-state index in [1.807, 2.05) is 40.6 Å². The number of aromatic nitrogens is 3. The van der Waals surface area contributed by atoms with Gasteiger partial charge in [-0.25, -0.2) is 13.1 Å². The average molecular weight is 489 g/mol. The van der Waals surface area contributed by atoms with Crippen LogP contribution in [-0.4, -0.2) is 28.7 Å². The van der Waals surface area contributed by atoms with Crippen LogP contribution in [0.25, 0.3) is 22.8 Å². The molecule has 0 spiro atoms. The molecule has 0 fully saturated rings. The van der Waals surface area contributed by atoms with Crippen LogP contribution in [0.1, 0.15) is 11.3 Å². The van der Waals surface area contributed by atoms with Crippen LogP contribution in [0.5, 0.6) is 0 Å². The summed E-state index contributed by atoms with van der Waals surface area (Å²) in [5.74, 6) is -0.0823. The number of halogens is 2. The van der Waals surface area contributed by atoms with Crippen molar-refractivity contribution in [2.45, 2.75) is 11.8 Å². The van der Waals surface area contributed by atoms with Gasteiger partial charge in [0.15, 0.2) is 0 Å². The third-order valence-corrected chi connectivity index (χ3v) is 6.96. The van der Waals surface area contributed by atoms with Gasteiger partial charge in [0.1, 0.15) is 10.7 Å². The van der Waals surface area contributed by atoms with Gasteiger partial charge in [-0.3, -0.25) is 9.48 Å². The van der Waals surface area contributed by atoms with Gasteiger partial charge in [0, 0.05) is 35.3 Å². The van der Waals surface area contributed by atoms with Crippen molar-refractivity contribution in [2.24, 2.45) is 7.05 Å². The fourth-order valence-electron chi connectivity index (χ4n) is 3.48. The van der Waals surface area contributed by atoms with Crippen LogP contribution in [0.3, 0.4) is 0 Å². The van der Waals surface area contributed by atoms with E-state index in [-0.39, 0.29) is 9.92 Å². The highest BCUT2D eigenvalue weighted by Crippen LogP contribution is 2.27. The quantitative estimate of drug-likeness (QED) is 0.419. The summed E-state index contributed by atoms with van der Waals surface area (Å²) >= 11 is 12.0. The molecule has 2 heterocycles. The highest BCUT2D eigenvalue weighted by molar-refractivity contribution is 7.90. The van der Waals surface area contributed by atoms with Crippen molar-refractivity contribution in [1.82, 2.24) is 19.1 Å². The number of sulfonamides is 1. The Hall–Kier alpha value is -3.07. The molecule has 2 aromatic heterocycles. The molecule has 0 aliphatic rings. The zero-order valence-electron chi connectivity index (χ0n) is 17.1. The van der Waals surface area contributed by atoms with E-state index in [2.05, 4.69) is 5.10 Å². The third kappa shape index (κ3) is 4.17. The molecular formula is C22H18Cl2N4O3S. The van der Waals surface area contributed by atoms with Gasteiger partial charge < -0.3 is 4.57 Å². The summed E-state index contributed by atoms with van der Waals surface area (Å²) in [6.45, 7) is 1.81. The number of aryl methyl sites for hydroxylation is 2. The minimum absolute atomic E-state index is 0.0294. The molecule has 32 heavy (non-hydrogen) atoms. The molecule has 10 heteroatoms. The van der Waals surface area contributed by atoms with E-state index < -0.39 is 15.9 Å². The molecule has 0 radical (unpaired) electrons. The predicted molar refractivity (Wildman–Crippen MR) is 126 cm³/mol. The summed E-state index contributed by atoms with van der Waals surface area (Å²) in [5.41, 5.74) is 2.26. The van der Waals surface area contributed by atoms with Crippen LogP contribution in [0.4, 0.5) is 0 Å². The normalized spacial score (nSPS) is 12.0. The minimum atomic E-state index is -4.11. The summed E-state index contributed by atoms with van der Waals surface area (Å²) in [6, 6.07) is 13.4. The number of carbonyl (C=O) groups is 1. The molecule has 1 N–H and O–H groups in total. The van der Waals surface area contributed by atoms with E-state index in [1.54, 1.807) is 23.9 Å². The molecule has 0 saturated carbocycles. The minimum Gasteiger partial charge on any atom is -0.301 e. The zero-order valence-corrected chi connectivity index (χ0v) is 19.4. The van der Waals surface area contributed by atoms with Crippen molar-refractivity contribution in [3.63, 3.8) is 0 Å². The van der Waals surface area contributed by atoms with Gasteiger partial charge in [-0.05, 0) is 49.4 Å². The van der Waals surface area contributed by atoms with Crippen molar-refractivity contribution in [1.29, 1.82) is 0 Å². The van der Waals surface area contributed by atoms with Gasteiger partial charge in [0.25, 0.3) is 15.9 Å². The fraction of sp³-hybridized carbons (Fsp3) is 0.0909. The molecule has 1 amide bonds. The van der Waals surface area contributed by atoms with Crippen LogP contribution in [0.2, 0.25) is 10.0 Å². The Morgan fingerprint density at radius 3 is 2.62 bits per heavy atom. The SMILES string of the molecule is Cc1nn(C)c(-n2ccc3cc(Cl)ccc32)c1C=CC(=O)NS(=O)(=O)c1ccccc1Cl. The molecular weight excluding hydrogens is 471 g/mol. The smallest absolute Gasteiger partial charge is 0.265 e. The summed E-state index contributed by atoms with van der Waals surface area (Å²) in [6.07, 6.45) is 4.58. The number of amides is 1. The van der Waals surface area contributed by atoms with Gasteiger partial charge in [0.2, 0.25) is 0 Å². The summed E-state index contributed by atoms with van der Waals surface area (Å²) in [7, 11) is -2.31. The second kappa shape index (κ2) is 8.46. The second-order valence-electron chi connectivity index (χ2n) is 7.07. The van der Waals surface area contributed by atoms with Crippen molar-refractivity contribution < 1.29 is 13.2 Å². The second-order valence-corrected chi connectivity index (χ2v) is 9.56.